The molecule has 0 aliphatic heterocycles. The molecule has 2 N–H and O–H groups in total. The summed E-state index contributed by atoms with van der Waals surface area (Å²) < 4.78 is 66.2. The molecule has 11 heteroatoms. The molecule has 4 fully saturated rings. The number of sulfonamides is 1. The Kier molecular flexibility index (Phi) is 7.48. The number of hydrogen-bond acceptors (Lipinski definition) is 5. The second-order valence-corrected chi connectivity index (χ2v) is 18.1. The molecule has 0 spiro atoms. The van der Waals surface area contributed by atoms with Gasteiger partial charge in [0, 0.05) is 17.4 Å². The second kappa shape index (κ2) is 9.77. The standard InChI is InChI=1S/C32H49F3N2O5S/c1-26(2)22-9-12-31(7)24(29(22,5)11-10-23(26)37-43(40,41)32(33,34)35)21(38)17-19-20-18-28(4,25(39)36-42-8)14-13-27(20,3)15-16-30(19,31)6/h17,20,22-24,37H,9-16,18H2,1-8H3,(H,36,39)/t20-,22?,23-,24+,27+,28-,29-,30+,31+/m0/s1. The van der Waals surface area contributed by atoms with Crippen LogP contribution in [0.5, 0.6) is 0 Å². The van der Waals surface area contributed by atoms with Crippen molar-refractivity contribution in [2.24, 2.45) is 50.2 Å². The van der Waals surface area contributed by atoms with E-state index in [1.165, 1.54) is 7.11 Å². The van der Waals surface area contributed by atoms with Crippen LogP contribution in [0.3, 0.4) is 0 Å². The Morgan fingerprint density at radius 1 is 0.953 bits per heavy atom. The van der Waals surface area contributed by atoms with Crippen molar-refractivity contribution in [3.8, 4) is 0 Å². The Morgan fingerprint density at radius 3 is 2.19 bits per heavy atom. The number of alkyl halides is 3. The van der Waals surface area contributed by atoms with Crippen molar-refractivity contribution < 1.29 is 36.0 Å². The van der Waals surface area contributed by atoms with Crippen LogP contribution < -0.4 is 10.2 Å². The molecule has 0 radical (unpaired) electrons. The van der Waals surface area contributed by atoms with E-state index in [1.54, 1.807) is 0 Å². The third-order valence-corrected chi connectivity index (χ3v) is 15.2. The summed E-state index contributed by atoms with van der Waals surface area (Å²) in [5, 5.41) is 0. The van der Waals surface area contributed by atoms with Crippen LogP contribution in [0.4, 0.5) is 13.2 Å². The van der Waals surface area contributed by atoms with E-state index in [4.69, 9.17) is 4.84 Å². The van der Waals surface area contributed by atoms with Gasteiger partial charge in [0.25, 0.3) is 0 Å². The predicted octanol–water partition coefficient (Wildman–Crippen LogP) is 6.45. The molecule has 0 heterocycles. The minimum absolute atomic E-state index is 0.0154. The third-order valence-electron chi connectivity index (χ3n) is 14.0. The van der Waals surface area contributed by atoms with Gasteiger partial charge < -0.3 is 0 Å². The lowest BCUT2D eigenvalue weighted by atomic mass is 9.33. The van der Waals surface area contributed by atoms with E-state index in [-0.39, 0.29) is 52.1 Å². The zero-order valence-corrected chi connectivity index (χ0v) is 27.7. The van der Waals surface area contributed by atoms with Gasteiger partial charge in [0.05, 0.1) is 7.11 Å². The molecule has 0 aromatic heterocycles. The van der Waals surface area contributed by atoms with Gasteiger partial charge in [0.1, 0.15) is 0 Å². The van der Waals surface area contributed by atoms with Crippen LogP contribution in [-0.2, 0) is 24.4 Å². The highest BCUT2D eigenvalue weighted by Gasteiger charge is 2.70. The van der Waals surface area contributed by atoms with Gasteiger partial charge in [0.15, 0.2) is 5.78 Å². The van der Waals surface area contributed by atoms with Crippen LogP contribution in [0.25, 0.3) is 0 Å². The number of fused-ring (bicyclic) bond motifs is 7. The number of amides is 1. The molecule has 5 aliphatic carbocycles. The number of rotatable bonds is 4. The van der Waals surface area contributed by atoms with Gasteiger partial charge in [-0.05, 0) is 103 Å². The van der Waals surface area contributed by atoms with Crippen molar-refractivity contribution in [3.05, 3.63) is 11.6 Å². The van der Waals surface area contributed by atoms with Crippen molar-refractivity contribution in [2.75, 3.05) is 7.11 Å². The molecule has 0 bridgehead atoms. The van der Waals surface area contributed by atoms with E-state index in [2.05, 4.69) is 33.2 Å². The molecule has 4 saturated carbocycles. The highest BCUT2D eigenvalue weighted by molar-refractivity contribution is 7.90. The number of nitrogens with one attached hydrogen (secondary N) is 2. The monoisotopic (exact) mass is 630 g/mol. The van der Waals surface area contributed by atoms with Gasteiger partial charge in [-0.2, -0.15) is 13.2 Å². The number of halogens is 3. The smallest absolute Gasteiger partial charge is 0.295 e. The van der Waals surface area contributed by atoms with Gasteiger partial charge >= 0.3 is 15.5 Å². The molecule has 5 aliphatic rings. The van der Waals surface area contributed by atoms with E-state index in [0.29, 0.717) is 19.3 Å². The molecule has 0 aromatic rings. The number of carbonyl (C=O) groups excluding carboxylic acids is 2. The van der Waals surface area contributed by atoms with Gasteiger partial charge in [-0.3, -0.25) is 14.4 Å². The summed E-state index contributed by atoms with van der Waals surface area (Å²) in [6.07, 6.45) is 8.23. The summed E-state index contributed by atoms with van der Waals surface area (Å²) in [4.78, 5) is 32.6. The molecule has 0 saturated heterocycles. The van der Waals surface area contributed by atoms with Crippen LogP contribution >= 0.6 is 0 Å². The second-order valence-electron chi connectivity index (χ2n) is 16.4. The van der Waals surface area contributed by atoms with E-state index >= 15 is 0 Å². The van der Waals surface area contributed by atoms with E-state index in [1.807, 2.05) is 31.6 Å². The Morgan fingerprint density at radius 2 is 1.58 bits per heavy atom. The van der Waals surface area contributed by atoms with E-state index in [9.17, 15) is 31.2 Å². The molecule has 7 nitrogen and oxygen atoms in total. The average Bonchev–Trinajstić information content (AvgIpc) is 2.87. The summed E-state index contributed by atoms with van der Waals surface area (Å²) in [5.41, 5.74) is -4.25. The number of hydrogen-bond donors (Lipinski definition) is 2. The molecule has 0 aromatic carbocycles. The van der Waals surface area contributed by atoms with Crippen molar-refractivity contribution in [3.63, 3.8) is 0 Å². The van der Waals surface area contributed by atoms with Crippen LogP contribution in [0.2, 0.25) is 0 Å². The number of hydroxylamine groups is 1. The van der Waals surface area contributed by atoms with Gasteiger partial charge in [-0.1, -0.05) is 54.0 Å². The fraction of sp³-hybridized carbons (Fsp3) is 0.875. The first-order valence-electron chi connectivity index (χ1n) is 15.7. The van der Waals surface area contributed by atoms with Crippen molar-refractivity contribution in [2.45, 2.75) is 118 Å². The van der Waals surface area contributed by atoms with Gasteiger partial charge in [-0.15, -0.1) is 0 Å². The Labute approximate surface area is 254 Å². The minimum atomic E-state index is -5.50. The van der Waals surface area contributed by atoms with Crippen LogP contribution in [0.15, 0.2) is 11.6 Å². The number of carbonyl (C=O) groups is 2. The quantitative estimate of drug-likeness (QED) is 0.348. The van der Waals surface area contributed by atoms with E-state index < -0.39 is 37.8 Å². The summed E-state index contributed by atoms with van der Waals surface area (Å²) in [6, 6.07) is -0.879. The van der Waals surface area contributed by atoms with Crippen LogP contribution in [-0.4, -0.2) is 38.8 Å². The van der Waals surface area contributed by atoms with E-state index in [0.717, 1.165) is 37.7 Å². The number of ketones is 1. The molecule has 1 unspecified atom stereocenters. The van der Waals surface area contributed by atoms with Crippen LogP contribution in [0.1, 0.15) is 106 Å². The lowest BCUT2D eigenvalue weighted by Crippen LogP contribution is -2.68. The molecular weight excluding hydrogens is 581 g/mol. The van der Waals surface area contributed by atoms with Crippen molar-refractivity contribution in [1.29, 1.82) is 0 Å². The SMILES string of the molecule is CONC(=O)[C@@]1(C)CC[C@]2(C)CC[C@]3(C)C(=CC(=O)[C@@H]4[C@@]5(C)CC[C@H](NS(=O)(=O)C(F)(F)F)C(C)(C)C5CC[C@]43C)[C@@H]2C1. The predicted molar refractivity (Wildman–Crippen MR) is 156 cm³/mol. The molecule has 9 atom stereocenters. The first kappa shape index (κ1) is 32.9. The fourth-order valence-corrected chi connectivity index (χ4v) is 12.0. The maximum Gasteiger partial charge on any atom is 0.511 e. The first-order valence-corrected chi connectivity index (χ1v) is 17.2. The summed E-state index contributed by atoms with van der Waals surface area (Å²) in [7, 11) is -4.06. The average molecular weight is 631 g/mol. The molecule has 43 heavy (non-hydrogen) atoms. The van der Waals surface area contributed by atoms with Gasteiger partial charge in [0.2, 0.25) is 5.91 Å². The van der Waals surface area contributed by atoms with Crippen LogP contribution in [0, 0.1) is 50.2 Å². The minimum Gasteiger partial charge on any atom is -0.295 e. The molecule has 1 amide bonds. The molecular formula is C32H49F3N2O5S. The fourth-order valence-electron chi connectivity index (χ4n) is 11.1. The van der Waals surface area contributed by atoms with Crippen molar-refractivity contribution >= 4 is 21.7 Å². The lowest BCUT2D eigenvalue weighted by molar-refractivity contribution is -0.188. The number of allylic oxidation sites excluding steroid dienone is 2. The maximum absolute atomic E-state index is 14.5. The summed E-state index contributed by atoms with van der Waals surface area (Å²) in [5.74, 6) is -0.457. The third kappa shape index (κ3) is 4.51. The first-order chi connectivity index (χ1) is 19.5. The highest BCUT2D eigenvalue weighted by Crippen LogP contribution is 2.75. The molecule has 5 rings (SSSR count). The summed E-state index contributed by atoms with van der Waals surface area (Å²) in [6.45, 7) is 14.7. The normalized spacial score (nSPS) is 46.0. The lowest BCUT2D eigenvalue weighted by Gasteiger charge is -2.70. The maximum atomic E-state index is 14.5. The Balaban J connectivity index is 1.53. The Bertz CT molecular complexity index is 1350. The Hall–Kier alpha value is -1.46. The topological polar surface area (TPSA) is 102 Å². The molecule has 244 valence electrons. The summed E-state index contributed by atoms with van der Waals surface area (Å²) >= 11 is 0. The van der Waals surface area contributed by atoms with Crippen molar-refractivity contribution in [1.82, 2.24) is 10.2 Å². The zero-order valence-electron chi connectivity index (χ0n) is 26.8. The highest BCUT2D eigenvalue weighted by atomic mass is 32.2. The largest absolute Gasteiger partial charge is 0.511 e. The van der Waals surface area contributed by atoms with Gasteiger partial charge in [-0.25, -0.2) is 18.6 Å². The zero-order chi connectivity index (χ0) is 32.2.